The number of alkyl halides is 6. The zero-order chi connectivity index (χ0) is 45.2. The Labute approximate surface area is 356 Å². The molecule has 0 bridgehead atoms. The second-order valence-corrected chi connectivity index (χ2v) is 14.8. The third-order valence-electron chi connectivity index (χ3n) is 8.24. The Kier molecular flexibility index (Phi) is 14.9. The van der Waals surface area contributed by atoms with E-state index in [9.17, 15) is 45.5 Å². The first kappa shape index (κ1) is 46.1. The number of thioether (sulfide) groups is 2. The number of carbonyl (C=O) groups is 4. The minimum absolute atomic E-state index is 0.00729. The summed E-state index contributed by atoms with van der Waals surface area (Å²) >= 11 is 1.82. The highest BCUT2D eigenvalue weighted by Gasteiger charge is 2.35. The number of carbonyl (C=O) groups excluding carboxylic acids is 4. The van der Waals surface area contributed by atoms with Gasteiger partial charge in [0.25, 0.3) is 23.6 Å². The van der Waals surface area contributed by atoms with Crippen molar-refractivity contribution in [1.82, 2.24) is 9.97 Å². The highest BCUT2D eigenvalue weighted by atomic mass is 32.2. The lowest BCUT2D eigenvalue weighted by atomic mass is 10.1. The number of rotatable bonds is 14. The Bertz CT molecular complexity index is 2420. The summed E-state index contributed by atoms with van der Waals surface area (Å²) in [5.41, 5.74) is 6.62. The second-order valence-electron chi connectivity index (χ2n) is 12.6. The number of amides is 4. The molecule has 0 aliphatic heterocycles. The standard InChI is InChI=1S/C40H30F6N10O4S2/c41-39(42,43)25-13-27(53-35(57)23-5-1-21(18-49)2-6-23)33(61-11-9-47)29(15-25)55-37(59)31-17-32(52-20-51-31)38(60)56-30-16-26(40(44,45)46)14-28(34(30)62-12-10-48)54-36(58)24-7-3-22(19-50)4-8-24/h1-8,13-17,20H,9-12,47-48H2,(H,53,57)(H,54,58)(H,55,59)(H,56,60). The van der Waals surface area contributed by atoms with Gasteiger partial charge in [0.1, 0.15) is 17.7 Å². The summed E-state index contributed by atoms with van der Waals surface area (Å²) < 4.78 is 85.1. The summed E-state index contributed by atoms with van der Waals surface area (Å²) in [6.45, 7) is 0.0750. The summed E-state index contributed by atoms with van der Waals surface area (Å²) in [5.74, 6) is -3.73. The SMILES string of the molecule is N#Cc1ccc(C(=O)Nc2cc(C(F)(F)F)cc(NC(=O)c3cc(C(=O)Nc4cc(C(F)(F)F)cc(NC(=O)c5ccc(C#N)cc5)c4SCCN)ncn3)c2SCCN)cc1. The van der Waals surface area contributed by atoms with Crippen LogP contribution in [0.25, 0.3) is 0 Å². The van der Waals surface area contributed by atoms with Crippen molar-refractivity contribution in [1.29, 1.82) is 10.5 Å². The molecule has 318 valence electrons. The maximum absolute atomic E-state index is 14.2. The van der Waals surface area contributed by atoms with Gasteiger partial charge >= 0.3 is 12.4 Å². The fraction of sp³-hybridized carbons (Fsp3) is 0.150. The van der Waals surface area contributed by atoms with Crippen LogP contribution < -0.4 is 32.7 Å². The van der Waals surface area contributed by atoms with Crippen molar-refractivity contribution in [2.75, 3.05) is 45.9 Å². The van der Waals surface area contributed by atoms with Crippen LogP contribution in [0.15, 0.2) is 95.0 Å². The van der Waals surface area contributed by atoms with Crippen molar-refractivity contribution in [3.8, 4) is 12.1 Å². The third-order valence-corrected chi connectivity index (χ3v) is 10.6. The lowest BCUT2D eigenvalue weighted by Crippen LogP contribution is -2.21. The van der Waals surface area contributed by atoms with Crippen molar-refractivity contribution in [2.45, 2.75) is 22.1 Å². The molecule has 0 radical (unpaired) electrons. The third kappa shape index (κ3) is 11.6. The van der Waals surface area contributed by atoms with Gasteiger partial charge in [-0.1, -0.05) is 0 Å². The Morgan fingerprint density at radius 3 is 1.16 bits per heavy atom. The van der Waals surface area contributed by atoms with E-state index >= 15 is 0 Å². The van der Waals surface area contributed by atoms with E-state index < -0.39 is 69.9 Å². The summed E-state index contributed by atoms with van der Waals surface area (Å²) in [6, 6.07) is 17.7. The summed E-state index contributed by atoms with van der Waals surface area (Å²) in [7, 11) is 0. The molecule has 4 aromatic carbocycles. The first-order valence-corrected chi connectivity index (χ1v) is 19.7. The van der Waals surface area contributed by atoms with Crippen LogP contribution in [0.4, 0.5) is 49.1 Å². The van der Waals surface area contributed by atoms with Crippen LogP contribution in [-0.4, -0.2) is 58.2 Å². The van der Waals surface area contributed by atoms with Crippen LogP contribution in [0.3, 0.4) is 0 Å². The minimum atomic E-state index is -4.97. The molecule has 1 heterocycles. The van der Waals surface area contributed by atoms with E-state index in [4.69, 9.17) is 22.0 Å². The average Bonchev–Trinajstić information content (AvgIpc) is 3.25. The number of hydrogen-bond acceptors (Lipinski definition) is 12. The molecular formula is C40H30F6N10O4S2. The summed E-state index contributed by atoms with van der Waals surface area (Å²) in [5, 5.41) is 27.6. The number of nitrogens with two attached hydrogens (primary N) is 2. The first-order valence-electron chi connectivity index (χ1n) is 17.7. The Morgan fingerprint density at radius 1 is 0.548 bits per heavy atom. The van der Waals surface area contributed by atoms with Crippen molar-refractivity contribution in [3.05, 3.63) is 130 Å². The predicted molar refractivity (Wildman–Crippen MR) is 219 cm³/mol. The number of nitriles is 2. The first-order chi connectivity index (χ1) is 29.4. The molecule has 4 amide bonds. The van der Waals surface area contributed by atoms with Crippen LogP contribution in [0.2, 0.25) is 0 Å². The van der Waals surface area contributed by atoms with E-state index in [2.05, 4.69) is 31.2 Å². The number of nitrogens with one attached hydrogen (secondary N) is 4. The van der Waals surface area contributed by atoms with Crippen LogP contribution in [0.1, 0.15) is 63.9 Å². The van der Waals surface area contributed by atoms with Gasteiger partial charge in [0, 0.05) is 41.8 Å². The monoisotopic (exact) mass is 892 g/mol. The number of nitrogens with zero attached hydrogens (tertiary/aromatic N) is 4. The van der Waals surface area contributed by atoms with Gasteiger partial charge in [-0.3, -0.25) is 19.2 Å². The van der Waals surface area contributed by atoms with Crippen molar-refractivity contribution in [3.63, 3.8) is 0 Å². The molecule has 1 aromatic heterocycles. The molecule has 22 heteroatoms. The molecule has 5 rings (SSSR count). The van der Waals surface area contributed by atoms with Crippen molar-refractivity contribution in [2.24, 2.45) is 11.5 Å². The fourth-order valence-electron chi connectivity index (χ4n) is 5.35. The maximum Gasteiger partial charge on any atom is 0.416 e. The molecule has 62 heavy (non-hydrogen) atoms. The molecule has 0 atom stereocenters. The van der Waals surface area contributed by atoms with Crippen LogP contribution >= 0.6 is 23.5 Å². The van der Waals surface area contributed by atoms with E-state index in [0.29, 0.717) is 24.3 Å². The largest absolute Gasteiger partial charge is 0.416 e. The van der Waals surface area contributed by atoms with Gasteiger partial charge in [0.05, 0.1) is 66.9 Å². The molecule has 8 N–H and O–H groups in total. The topological polar surface area (TPSA) is 242 Å². The Morgan fingerprint density at radius 2 is 0.871 bits per heavy atom. The van der Waals surface area contributed by atoms with Gasteiger partial charge in [-0.15, -0.1) is 23.5 Å². The van der Waals surface area contributed by atoms with Gasteiger partial charge in [-0.25, -0.2) is 9.97 Å². The van der Waals surface area contributed by atoms with Crippen LogP contribution in [0, 0.1) is 22.7 Å². The number of halogens is 6. The van der Waals surface area contributed by atoms with E-state index in [1.165, 1.54) is 48.5 Å². The normalized spacial score (nSPS) is 11.2. The van der Waals surface area contributed by atoms with E-state index in [0.717, 1.165) is 35.9 Å². The van der Waals surface area contributed by atoms with E-state index in [1.54, 1.807) is 0 Å². The van der Waals surface area contributed by atoms with E-state index in [1.807, 2.05) is 12.1 Å². The number of aromatic nitrogens is 2. The smallest absolute Gasteiger partial charge is 0.330 e. The quantitative estimate of drug-likeness (QED) is 0.0473. The summed E-state index contributed by atoms with van der Waals surface area (Å²) in [4.78, 5) is 61.1. The van der Waals surface area contributed by atoms with Gasteiger partial charge in [0.2, 0.25) is 0 Å². The molecule has 14 nitrogen and oxygen atoms in total. The highest BCUT2D eigenvalue weighted by Crippen LogP contribution is 2.43. The van der Waals surface area contributed by atoms with Crippen molar-refractivity contribution < 1.29 is 45.5 Å². The Balaban J connectivity index is 1.48. The molecule has 0 unspecified atom stereocenters. The fourth-order valence-corrected chi connectivity index (χ4v) is 7.05. The predicted octanol–water partition coefficient (Wildman–Crippen LogP) is 7.37. The lowest BCUT2D eigenvalue weighted by molar-refractivity contribution is -0.138. The van der Waals surface area contributed by atoms with Gasteiger partial charge in [-0.05, 0) is 72.8 Å². The van der Waals surface area contributed by atoms with Crippen LogP contribution in [0.5, 0.6) is 0 Å². The van der Waals surface area contributed by atoms with Crippen LogP contribution in [-0.2, 0) is 12.4 Å². The number of hydrogen-bond donors (Lipinski definition) is 6. The molecule has 0 saturated carbocycles. The van der Waals surface area contributed by atoms with E-state index in [-0.39, 0.29) is 68.0 Å². The average molecular weight is 893 g/mol. The molecular weight excluding hydrogens is 863 g/mol. The van der Waals surface area contributed by atoms with Gasteiger partial charge in [-0.2, -0.15) is 36.9 Å². The van der Waals surface area contributed by atoms with Gasteiger partial charge < -0.3 is 32.7 Å². The Hall–Kier alpha value is -6.98. The maximum atomic E-state index is 14.2. The molecule has 0 spiro atoms. The van der Waals surface area contributed by atoms with Gasteiger partial charge in [0.15, 0.2) is 0 Å². The second kappa shape index (κ2) is 20.1. The van der Waals surface area contributed by atoms with Crippen molar-refractivity contribution >= 4 is 69.9 Å². The molecule has 0 aliphatic rings. The molecule has 0 fully saturated rings. The zero-order valence-electron chi connectivity index (χ0n) is 31.6. The zero-order valence-corrected chi connectivity index (χ0v) is 33.2. The molecule has 0 aliphatic carbocycles. The molecule has 0 saturated heterocycles. The summed E-state index contributed by atoms with van der Waals surface area (Å²) in [6.07, 6.45) is -9.17. The highest BCUT2D eigenvalue weighted by molar-refractivity contribution is 7.99. The number of benzene rings is 4. The number of anilines is 4. The lowest BCUT2D eigenvalue weighted by Gasteiger charge is -2.19. The minimum Gasteiger partial charge on any atom is -0.330 e. The molecule has 5 aromatic rings.